The van der Waals surface area contributed by atoms with E-state index in [1.165, 1.54) is 5.56 Å². The van der Waals surface area contributed by atoms with E-state index in [2.05, 4.69) is 22.8 Å². The van der Waals surface area contributed by atoms with Gasteiger partial charge in [-0.2, -0.15) is 0 Å². The van der Waals surface area contributed by atoms with E-state index in [9.17, 15) is 14.4 Å². The Balaban J connectivity index is 1.58. The van der Waals surface area contributed by atoms with Crippen molar-refractivity contribution in [1.29, 1.82) is 0 Å². The van der Waals surface area contributed by atoms with E-state index in [-0.39, 0.29) is 17.9 Å². The van der Waals surface area contributed by atoms with Crippen LogP contribution in [0.3, 0.4) is 0 Å². The van der Waals surface area contributed by atoms with Crippen LogP contribution >= 0.6 is 0 Å². The first kappa shape index (κ1) is 15.5. The van der Waals surface area contributed by atoms with Gasteiger partial charge in [-0.15, -0.1) is 0 Å². The molecule has 23 heavy (non-hydrogen) atoms. The molecule has 2 aliphatic heterocycles. The number of carbonyl (C=O) groups excluding carboxylic acids is 3. The van der Waals surface area contributed by atoms with Gasteiger partial charge in [0.1, 0.15) is 6.04 Å². The Labute approximate surface area is 135 Å². The molecule has 0 radical (unpaired) electrons. The van der Waals surface area contributed by atoms with Crippen LogP contribution in [0, 0.1) is 0 Å². The summed E-state index contributed by atoms with van der Waals surface area (Å²) in [5.74, 6) is 0.0208. The lowest BCUT2D eigenvalue weighted by molar-refractivity contribution is -0.133. The summed E-state index contributed by atoms with van der Waals surface area (Å²) in [5.41, 5.74) is 2.15. The van der Waals surface area contributed by atoms with Gasteiger partial charge in [0.25, 0.3) is 0 Å². The fraction of sp³-hybridized carbons (Fsp3) is 0.471. The third-order valence-electron chi connectivity index (χ3n) is 4.64. The monoisotopic (exact) mass is 315 g/mol. The highest BCUT2D eigenvalue weighted by atomic mass is 16.2. The number of imide groups is 1. The average molecular weight is 315 g/mol. The maximum atomic E-state index is 11.8. The fourth-order valence-corrected chi connectivity index (χ4v) is 3.22. The van der Waals surface area contributed by atoms with Crippen molar-refractivity contribution < 1.29 is 14.4 Å². The minimum absolute atomic E-state index is 0.204. The summed E-state index contributed by atoms with van der Waals surface area (Å²) >= 11 is 0. The van der Waals surface area contributed by atoms with Gasteiger partial charge in [0.2, 0.25) is 18.2 Å². The maximum Gasteiger partial charge on any atom is 0.249 e. The standard InChI is InChI=1S/C17H21N3O3/c21-11-20-9-7-13(8-10-20)12-1-3-14(4-2-12)18-15-5-6-16(22)19-17(15)23/h1-4,11,13,15,18H,5-10H2,(H,19,22,23). The van der Waals surface area contributed by atoms with Crippen LogP contribution in [0.25, 0.3) is 0 Å². The molecule has 1 aromatic carbocycles. The van der Waals surface area contributed by atoms with Crippen molar-refractivity contribution in [3.63, 3.8) is 0 Å². The average Bonchev–Trinajstić information content (AvgIpc) is 2.58. The smallest absolute Gasteiger partial charge is 0.249 e. The molecule has 0 aromatic heterocycles. The van der Waals surface area contributed by atoms with Crippen LogP contribution in [0.1, 0.15) is 37.2 Å². The van der Waals surface area contributed by atoms with E-state index >= 15 is 0 Å². The van der Waals surface area contributed by atoms with Gasteiger partial charge in [-0.25, -0.2) is 0 Å². The number of hydrogen-bond donors (Lipinski definition) is 2. The number of amides is 3. The molecular formula is C17H21N3O3. The molecule has 0 spiro atoms. The Morgan fingerprint density at radius 2 is 1.78 bits per heavy atom. The quantitative estimate of drug-likeness (QED) is 0.647. The highest BCUT2D eigenvalue weighted by Crippen LogP contribution is 2.28. The normalized spacial score (nSPS) is 22.6. The van der Waals surface area contributed by atoms with Crippen LogP contribution in [0.2, 0.25) is 0 Å². The zero-order chi connectivity index (χ0) is 16.2. The van der Waals surface area contributed by atoms with E-state index in [4.69, 9.17) is 0 Å². The summed E-state index contributed by atoms with van der Waals surface area (Å²) in [5, 5.41) is 5.53. The van der Waals surface area contributed by atoms with Crippen LogP contribution in [0.15, 0.2) is 24.3 Å². The molecule has 2 fully saturated rings. The molecule has 1 aromatic rings. The summed E-state index contributed by atoms with van der Waals surface area (Å²) in [4.78, 5) is 35.5. The van der Waals surface area contributed by atoms with Gasteiger partial charge in [-0.1, -0.05) is 12.1 Å². The zero-order valence-electron chi connectivity index (χ0n) is 13.0. The highest BCUT2D eigenvalue weighted by molar-refractivity contribution is 6.01. The molecule has 1 unspecified atom stereocenters. The Hall–Kier alpha value is -2.37. The second-order valence-electron chi connectivity index (χ2n) is 6.19. The van der Waals surface area contributed by atoms with Crippen molar-refractivity contribution in [2.45, 2.75) is 37.6 Å². The third-order valence-corrected chi connectivity index (χ3v) is 4.64. The SMILES string of the molecule is O=CN1CCC(c2ccc(NC3CCC(=O)NC3=O)cc2)CC1. The van der Waals surface area contributed by atoms with Gasteiger partial charge in [0.15, 0.2) is 0 Å². The lowest BCUT2D eigenvalue weighted by Crippen LogP contribution is -2.47. The molecule has 2 aliphatic rings. The van der Waals surface area contributed by atoms with E-state index in [1.807, 2.05) is 17.0 Å². The molecule has 2 saturated heterocycles. The topological polar surface area (TPSA) is 78.5 Å². The molecule has 3 amide bonds. The number of carbonyl (C=O) groups is 3. The minimum Gasteiger partial charge on any atom is -0.374 e. The Morgan fingerprint density at radius 1 is 1.09 bits per heavy atom. The van der Waals surface area contributed by atoms with E-state index < -0.39 is 0 Å². The molecule has 6 nitrogen and oxygen atoms in total. The largest absolute Gasteiger partial charge is 0.374 e. The van der Waals surface area contributed by atoms with Gasteiger partial charge in [0.05, 0.1) is 0 Å². The van der Waals surface area contributed by atoms with Crippen molar-refractivity contribution in [2.75, 3.05) is 18.4 Å². The van der Waals surface area contributed by atoms with Crippen LogP contribution in [0.4, 0.5) is 5.69 Å². The fourth-order valence-electron chi connectivity index (χ4n) is 3.22. The summed E-state index contributed by atoms with van der Waals surface area (Å²) in [6, 6.07) is 7.76. The Kier molecular flexibility index (Phi) is 4.60. The van der Waals surface area contributed by atoms with Gasteiger partial charge >= 0.3 is 0 Å². The Bertz CT molecular complexity index is 592. The highest BCUT2D eigenvalue weighted by Gasteiger charge is 2.26. The number of nitrogens with zero attached hydrogens (tertiary/aromatic N) is 1. The minimum atomic E-state index is -0.352. The lowest BCUT2D eigenvalue weighted by atomic mass is 9.89. The second kappa shape index (κ2) is 6.81. The summed E-state index contributed by atoms with van der Waals surface area (Å²) in [6.07, 6.45) is 3.79. The first-order valence-corrected chi connectivity index (χ1v) is 8.05. The summed E-state index contributed by atoms with van der Waals surface area (Å²) in [6.45, 7) is 1.62. The lowest BCUT2D eigenvalue weighted by Gasteiger charge is -2.29. The number of rotatable bonds is 4. The number of benzene rings is 1. The van der Waals surface area contributed by atoms with E-state index in [0.717, 1.165) is 38.0 Å². The number of nitrogens with one attached hydrogen (secondary N) is 2. The van der Waals surface area contributed by atoms with Gasteiger partial charge in [-0.05, 0) is 42.9 Å². The molecule has 0 aliphatic carbocycles. The van der Waals surface area contributed by atoms with Crippen molar-refractivity contribution in [3.05, 3.63) is 29.8 Å². The van der Waals surface area contributed by atoms with Gasteiger partial charge < -0.3 is 10.2 Å². The molecule has 1 atom stereocenters. The molecule has 2 heterocycles. The van der Waals surface area contributed by atoms with Crippen LogP contribution in [-0.2, 0) is 14.4 Å². The van der Waals surface area contributed by atoms with Crippen molar-refractivity contribution in [2.24, 2.45) is 0 Å². The Morgan fingerprint density at radius 3 is 2.39 bits per heavy atom. The van der Waals surface area contributed by atoms with Crippen LogP contribution < -0.4 is 10.6 Å². The summed E-state index contributed by atoms with van der Waals surface area (Å²) < 4.78 is 0. The first-order valence-electron chi connectivity index (χ1n) is 8.05. The number of hydrogen-bond acceptors (Lipinski definition) is 4. The van der Waals surface area contributed by atoms with Crippen LogP contribution in [0.5, 0.6) is 0 Å². The van der Waals surface area contributed by atoms with Gasteiger partial charge in [-0.3, -0.25) is 19.7 Å². The molecular weight excluding hydrogens is 294 g/mol. The number of likely N-dealkylation sites (tertiary alicyclic amines) is 1. The van der Waals surface area contributed by atoms with E-state index in [1.54, 1.807) is 0 Å². The number of piperidine rings is 2. The predicted molar refractivity (Wildman–Crippen MR) is 85.8 cm³/mol. The van der Waals surface area contributed by atoms with Crippen LogP contribution in [-0.4, -0.2) is 42.3 Å². The molecule has 2 N–H and O–H groups in total. The maximum absolute atomic E-state index is 11.8. The molecule has 6 heteroatoms. The van der Waals surface area contributed by atoms with Gasteiger partial charge in [0, 0.05) is 25.2 Å². The molecule has 0 bridgehead atoms. The summed E-state index contributed by atoms with van der Waals surface area (Å²) in [7, 11) is 0. The van der Waals surface area contributed by atoms with Crippen molar-refractivity contribution in [3.8, 4) is 0 Å². The van der Waals surface area contributed by atoms with Crippen molar-refractivity contribution in [1.82, 2.24) is 10.2 Å². The van der Waals surface area contributed by atoms with E-state index in [0.29, 0.717) is 18.8 Å². The predicted octanol–water partition coefficient (Wildman–Crippen LogP) is 1.24. The third kappa shape index (κ3) is 3.70. The number of anilines is 1. The molecule has 3 rings (SSSR count). The molecule has 122 valence electrons. The zero-order valence-corrected chi connectivity index (χ0v) is 13.0. The van der Waals surface area contributed by atoms with Crippen molar-refractivity contribution >= 4 is 23.9 Å². The molecule has 0 saturated carbocycles. The first-order chi connectivity index (χ1) is 11.2. The second-order valence-corrected chi connectivity index (χ2v) is 6.19.